The number of rotatable bonds is 5. The molecule has 11 heteroatoms. The molecule has 176 valence electrons. The number of hydrogen-bond donors (Lipinski definition) is 0. The fourth-order valence-corrected chi connectivity index (χ4v) is 4.80. The van der Waals surface area contributed by atoms with Crippen molar-refractivity contribution in [2.24, 2.45) is 5.92 Å². The van der Waals surface area contributed by atoms with E-state index in [1.54, 1.807) is 16.6 Å². The van der Waals surface area contributed by atoms with Gasteiger partial charge in [0.25, 0.3) is 0 Å². The van der Waals surface area contributed by atoms with Crippen molar-refractivity contribution in [3.63, 3.8) is 0 Å². The Morgan fingerprint density at radius 1 is 1.31 bits per heavy atom. The minimum atomic E-state index is -0.347. The lowest BCUT2D eigenvalue weighted by molar-refractivity contribution is -0.161. The molecule has 1 atom stereocenters. The van der Waals surface area contributed by atoms with Gasteiger partial charge in [-0.2, -0.15) is 5.10 Å². The number of carbonyl (C=O) groups excluding carboxylic acids is 2. The van der Waals surface area contributed by atoms with Gasteiger partial charge in [0.1, 0.15) is 11.3 Å². The zero-order chi connectivity index (χ0) is 23.9. The molecule has 0 N–H and O–H groups in total. The number of aromatic nitrogens is 3. The van der Waals surface area contributed by atoms with Crippen LogP contribution in [0.15, 0.2) is 18.3 Å². The molecule has 1 unspecified atom stereocenters. The Kier molecular flexibility index (Phi) is 10.3. The summed E-state index contributed by atoms with van der Waals surface area (Å²) in [4.78, 5) is 28.7. The van der Waals surface area contributed by atoms with Crippen molar-refractivity contribution >= 4 is 52.3 Å². The Morgan fingerprint density at radius 2 is 1.97 bits per heavy atom. The number of aldehydes is 1. The highest BCUT2D eigenvalue weighted by molar-refractivity contribution is 14.2. The van der Waals surface area contributed by atoms with Crippen LogP contribution in [0.4, 0.5) is 0 Å². The van der Waals surface area contributed by atoms with Gasteiger partial charge in [0.15, 0.2) is 6.29 Å². The average molecular weight is 595 g/mol. The van der Waals surface area contributed by atoms with Crippen molar-refractivity contribution in [3.8, 4) is 17.1 Å². The topological polar surface area (TPSA) is 86.5 Å². The predicted octanol–water partition coefficient (Wildman–Crippen LogP) is 4.88. The van der Waals surface area contributed by atoms with Gasteiger partial charge >= 0.3 is 5.97 Å². The smallest absolute Gasteiger partial charge is 0.309 e. The van der Waals surface area contributed by atoms with Crippen LogP contribution >= 0.6 is 40.0 Å². The molecule has 8 nitrogen and oxygen atoms in total. The van der Waals surface area contributed by atoms with Crippen LogP contribution in [0, 0.1) is 5.92 Å². The molecular weight excluding hydrogens is 566 g/mol. The van der Waals surface area contributed by atoms with Crippen LogP contribution in [0.1, 0.15) is 44.1 Å². The minimum absolute atomic E-state index is 0.0226. The van der Waals surface area contributed by atoms with Crippen molar-refractivity contribution in [3.05, 3.63) is 29.0 Å². The Balaban J connectivity index is 0.000000235. The number of carbonyl (C=O) groups is 2. The van der Waals surface area contributed by atoms with Crippen LogP contribution in [0.25, 0.3) is 11.3 Å². The molecule has 3 heterocycles. The number of nitrogens with zero attached hydrogens (tertiary/aromatic N) is 4. The van der Waals surface area contributed by atoms with Crippen LogP contribution in [-0.4, -0.2) is 64.5 Å². The summed E-state index contributed by atoms with van der Waals surface area (Å²) in [5, 5.41) is 4.64. The highest BCUT2D eigenvalue weighted by Crippen LogP contribution is 2.35. The molecule has 0 radical (unpaired) electrons. The number of piperidine rings is 1. The first-order chi connectivity index (χ1) is 15.1. The largest absolute Gasteiger partial charge is 0.481 e. The van der Waals surface area contributed by atoms with E-state index in [1.807, 2.05) is 20.8 Å². The molecule has 1 aliphatic heterocycles. The van der Waals surface area contributed by atoms with Gasteiger partial charge in [0.2, 0.25) is 5.88 Å². The number of hydrogen-bond acceptors (Lipinski definition) is 7. The molecule has 0 amide bonds. The molecule has 1 aliphatic rings. The number of esters is 1. The van der Waals surface area contributed by atoms with Crippen molar-refractivity contribution in [2.45, 2.75) is 39.2 Å². The SMILES string of the molecule is CN1CCC(C(=O)OC(C)(C)C)CC1.COc1cc(-c2cc(C=O)nn2PI)c(Cl)cn1. The number of methoxy groups -OCH3 is 1. The van der Waals surface area contributed by atoms with Gasteiger partial charge in [-0.1, -0.05) is 11.6 Å². The molecule has 0 saturated carbocycles. The minimum Gasteiger partial charge on any atom is -0.481 e. The third-order valence-electron chi connectivity index (χ3n) is 4.70. The third-order valence-corrected chi connectivity index (χ3v) is 6.88. The van der Waals surface area contributed by atoms with Crippen LogP contribution in [0.3, 0.4) is 0 Å². The van der Waals surface area contributed by atoms with Crippen molar-refractivity contribution < 1.29 is 19.1 Å². The van der Waals surface area contributed by atoms with Crippen LogP contribution < -0.4 is 4.74 Å². The molecule has 0 aliphatic carbocycles. The average Bonchev–Trinajstić information content (AvgIpc) is 3.17. The van der Waals surface area contributed by atoms with Crippen LogP contribution in [0.2, 0.25) is 5.02 Å². The van der Waals surface area contributed by atoms with Crippen LogP contribution in [0.5, 0.6) is 5.88 Å². The zero-order valence-corrected chi connectivity index (χ0v) is 22.8. The van der Waals surface area contributed by atoms with E-state index < -0.39 is 0 Å². The van der Waals surface area contributed by atoms with Crippen molar-refractivity contribution in [2.75, 3.05) is 27.2 Å². The molecule has 1 saturated heterocycles. The molecule has 0 spiro atoms. The fourth-order valence-electron chi connectivity index (χ4n) is 3.07. The summed E-state index contributed by atoms with van der Waals surface area (Å²) in [5.41, 5.74) is 1.55. The van der Waals surface area contributed by atoms with E-state index in [-0.39, 0.29) is 17.5 Å². The van der Waals surface area contributed by atoms with E-state index in [2.05, 4.69) is 44.1 Å². The van der Waals surface area contributed by atoms with E-state index in [1.165, 1.54) is 13.3 Å². The normalized spacial score (nSPS) is 15.3. The quantitative estimate of drug-likeness (QED) is 0.211. The maximum Gasteiger partial charge on any atom is 0.309 e. The lowest BCUT2D eigenvalue weighted by atomic mass is 9.97. The van der Waals surface area contributed by atoms with Crippen molar-refractivity contribution in [1.82, 2.24) is 19.4 Å². The first-order valence-electron chi connectivity index (χ1n) is 10.1. The van der Waals surface area contributed by atoms with Gasteiger partial charge in [0.05, 0.1) is 36.3 Å². The van der Waals surface area contributed by atoms with Gasteiger partial charge in [-0.15, -0.1) is 0 Å². The van der Waals surface area contributed by atoms with E-state index in [4.69, 9.17) is 21.1 Å². The Bertz CT molecular complexity index is 927. The number of likely N-dealkylation sites (tertiary alicyclic amines) is 1. The van der Waals surface area contributed by atoms with E-state index in [9.17, 15) is 9.59 Å². The molecule has 0 bridgehead atoms. The predicted molar refractivity (Wildman–Crippen MR) is 136 cm³/mol. The molecule has 32 heavy (non-hydrogen) atoms. The first kappa shape index (κ1) is 27.0. The molecule has 3 rings (SSSR count). The molecule has 0 aromatic carbocycles. The monoisotopic (exact) mass is 594 g/mol. The lowest BCUT2D eigenvalue weighted by Crippen LogP contribution is -2.36. The fraction of sp³-hybridized carbons (Fsp3) is 0.524. The Labute approximate surface area is 208 Å². The second-order valence-electron chi connectivity index (χ2n) is 8.39. The lowest BCUT2D eigenvalue weighted by Gasteiger charge is -2.30. The molecule has 2 aromatic rings. The Hall–Kier alpha value is -1.29. The second-order valence-corrected chi connectivity index (χ2v) is 10.8. The number of pyridine rings is 1. The number of halogens is 2. The first-order valence-corrected chi connectivity index (χ1v) is 14.5. The zero-order valence-electron chi connectivity index (χ0n) is 18.9. The summed E-state index contributed by atoms with van der Waals surface area (Å²) < 4.78 is 12.2. The van der Waals surface area contributed by atoms with Crippen molar-refractivity contribution in [1.29, 1.82) is 0 Å². The van der Waals surface area contributed by atoms with E-state index in [0.717, 1.165) is 37.2 Å². The highest BCUT2D eigenvalue weighted by Gasteiger charge is 2.27. The van der Waals surface area contributed by atoms with Gasteiger partial charge < -0.3 is 14.4 Å². The van der Waals surface area contributed by atoms with E-state index in [0.29, 0.717) is 29.3 Å². The van der Waals surface area contributed by atoms with Gasteiger partial charge in [-0.05, 0) is 81.9 Å². The maximum atomic E-state index is 11.7. The standard InChI is InChI=1S/C11H21NO2.C10H8ClIN3O2P/c1-11(2,3)14-10(13)9-5-7-12(4)8-6-9;1-17-10-3-7(8(11)4-13-10)9-2-6(5-16)14-15(9)18-12/h9H,5-8H2,1-4H3;2-5,18H,1H3. The van der Waals surface area contributed by atoms with Gasteiger partial charge in [-0.25, -0.2) is 9.44 Å². The molecule has 1 fully saturated rings. The highest BCUT2D eigenvalue weighted by atomic mass is 127. The Morgan fingerprint density at radius 3 is 2.50 bits per heavy atom. The summed E-state index contributed by atoms with van der Waals surface area (Å²) in [6.45, 7) is 7.76. The molecular formula is C21H29ClIN4O4P. The van der Waals surface area contributed by atoms with E-state index >= 15 is 0 Å². The van der Waals surface area contributed by atoms with Crippen LogP contribution in [-0.2, 0) is 9.53 Å². The third kappa shape index (κ3) is 7.93. The maximum absolute atomic E-state index is 11.7. The molecule has 2 aromatic heterocycles. The summed E-state index contributed by atoms with van der Waals surface area (Å²) in [6.07, 6.45) is 4.47. The second kappa shape index (κ2) is 12.3. The van der Waals surface area contributed by atoms with Gasteiger partial charge in [0, 0.05) is 11.6 Å². The summed E-state index contributed by atoms with van der Waals surface area (Å²) in [6, 6.07) is 3.42. The number of ether oxygens (including phenoxy) is 2. The summed E-state index contributed by atoms with van der Waals surface area (Å²) in [7, 11) is 3.62. The van der Waals surface area contributed by atoms with Gasteiger partial charge in [-0.3, -0.25) is 9.59 Å². The summed E-state index contributed by atoms with van der Waals surface area (Å²) in [5.74, 6) is 0.558. The summed E-state index contributed by atoms with van der Waals surface area (Å²) >= 11 is 8.31.